The van der Waals surface area contributed by atoms with Crippen LogP contribution in [0.15, 0.2) is 18.2 Å². The van der Waals surface area contributed by atoms with Crippen LogP contribution >= 0.6 is 0 Å². The molecule has 1 atom stereocenters. The third-order valence-electron chi connectivity index (χ3n) is 3.37. The van der Waals surface area contributed by atoms with E-state index in [0.29, 0.717) is 18.2 Å². The number of hydrogen-bond donors (Lipinski definition) is 1. The van der Waals surface area contributed by atoms with E-state index in [0.717, 1.165) is 19.0 Å². The van der Waals surface area contributed by atoms with Crippen LogP contribution in [0.25, 0.3) is 0 Å². The van der Waals surface area contributed by atoms with Crippen LogP contribution in [0.3, 0.4) is 0 Å². The molecule has 0 heterocycles. The lowest BCUT2D eigenvalue weighted by molar-refractivity contribution is -0.384. The predicted octanol–water partition coefficient (Wildman–Crippen LogP) is 3.17. The average molecular weight is 280 g/mol. The summed E-state index contributed by atoms with van der Waals surface area (Å²) in [7, 11) is 0. The number of nitro benzene ring substituents is 1. The largest absolute Gasteiger partial charge is 0.478 e. The number of carboxylic acids is 1. The van der Waals surface area contributed by atoms with Gasteiger partial charge in [-0.1, -0.05) is 20.3 Å². The van der Waals surface area contributed by atoms with E-state index in [1.54, 1.807) is 0 Å². The van der Waals surface area contributed by atoms with Crippen LogP contribution in [0.5, 0.6) is 0 Å². The van der Waals surface area contributed by atoms with Crippen molar-refractivity contribution in [2.75, 3.05) is 18.0 Å². The van der Waals surface area contributed by atoms with Crippen LogP contribution in [0.2, 0.25) is 0 Å². The molecule has 0 saturated heterocycles. The second kappa shape index (κ2) is 6.88. The summed E-state index contributed by atoms with van der Waals surface area (Å²) in [5.41, 5.74) is 0.306. The fourth-order valence-electron chi connectivity index (χ4n) is 1.99. The molecule has 0 bridgehead atoms. The number of non-ortho nitro benzene ring substituents is 1. The van der Waals surface area contributed by atoms with E-state index in [4.69, 9.17) is 0 Å². The van der Waals surface area contributed by atoms with Crippen LogP contribution in [0, 0.1) is 16.0 Å². The molecular weight excluding hydrogens is 260 g/mol. The van der Waals surface area contributed by atoms with Crippen LogP contribution < -0.4 is 4.90 Å². The Balaban J connectivity index is 3.20. The Morgan fingerprint density at radius 3 is 2.55 bits per heavy atom. The van der Waals surface area contributed by atoms with Crippen molar-refractivity contribution in [3.05, 3.63) is 33.9 Å². The predicted molar refractivity (Wildman–Crippen MR) is 77.4 cm³/mol. The fourth-order valence-corrected chi connectivity index (χ4v) is 1.99. The molecule has 0 radical (unpaired) electrons. The molecule has 0 spiro atoms. The Kier molecular flexibility index (Phi) is 5.49. The molecule has 1 rings (SSSR count). The highest BCUT2D eigenvalue weighted by Crippen LogP contribution is 2.26. The van der Waals surface area contributed by atoms with Gasteiger partial charge in [-0.05, 0) is 18.9 Å². The van der Waals surface area contributed by atoms with E-state index in [2.05, 4.69) is 13.8 Å². The number of carbonyl (C=O) groups is 1. The van der Waals surface area contributed by atoms with E-state index in [1.165, 1.54) is 12.1 Å². The van der Waals surface area contributed by atoms with Gasteiger partial charge in [0.25, 0.3) is 5.69 Å². The molecular formula is C14H20N2O4. The number of rotatable bonds is 7. The van der Waals surface area contributed by atoms with Crippen LogP contribution in [-0.4, -0.2) is 29.1 Å². The second-order valence-corrected chi connectivity index (χ2v) is 4.82. The van der Waals surface area contributed by atoms with Gasteiger partial charge in [-0.2, -0.15) is 0 Å². The van der Waals surface area contributed by atoms with Gasteiger partial charge in [0.05, 0.1) is 16.2 Å². The number of benzene rings is 1. The Morgan fingerprint density at radius 1 is 1.45 bits per heavy atom. The summed E-state index contributed by atoms with van der Waals surface area (Å²) in [6, 6.07) is 3.99. The van der Waals surface area contributed by atoms with E-state index in [9.17, 15) is 20.0 Å². The van der Waals surface area contributed by atoms with E-state index < -0.39 is 10.9 Å². The first-order chi connectivity index (χ1) is 9.40. The average Bonchev–Trinajstić information content (AvgIpc) is 2.43. The lowest BCUT2D eigenvalue weighted by atomic mass is 10.1. The van der Waals surface area contributed by atoms with E-state index in [-0.39, 0.29) is 11.3 Å². The Labute approximate surface area is 118 Å². The summed E-state index contributed by atoms with van der Waals surface area (Å²) in [4.78, 5) is 23.4. The van der Waals surface area contributed by atoms with Crippen LogP contribution in [0.1, 0.15) is 37.6 Å². The van der Waals surface area contributed by atoms with Crippen molar-refractivity contribution in [3.8, 4) is 0 Å². The maximum Gasteiger partial charge on any atom is 0.338 e. The molecule has 110 valence electrons. The summed E-state index contributed by atoms with van der Waals surface area (Å²) in [5, 5.41) is 20.0. The lowest BCUT2D eigenvalue weighted by Gasteiger charge is -2.27. The molecule has 0 aromatic heterocycles. The standard InChI is InChI=1S/C14H20N2O4/c1-4-10(3)9-15(5-2)13-7-6-11(16(19)20)8-12(13)14(17)18/h6-8,10H,4-5,9H2,1-3H3,(H,17,18). The normalized spacial score (nSPS) is 11.9. The highest BCUT2D eigenvalue weighted by Gasteiger charge is 2.20. The van der Waals surface area contributed by atoms with Gasteiger partial charge in [0.1, 0.15) is 0 Å². The van der Waals surface area contributed by atoms with Gasteiger partial charge in [-0.15, -0.1) is 0 Å². The Hall–Kier alpha value is -2.11. The number of nitro groups is 1. The number of hydrogen-bond acceptors (Lipinski definition) is 4. The highest BCUT2D eigenvalue weighted by atomic mass is 16.6. The minimum atomic E-state index is -1.15. The molecule has 6 heteroatoms. The first kappa shape index (κ1) is 15.9. The molecule has 0 aliphatic heterocycles. The van der Waals surface area contributed by atoms with Gasteiger partial charge in [-0.25, -0.2) is 4.79 Å². The van der Waals surface area contributed by atoms with Gasteiger partial charge in [0, 0.05) is 25.2 Å². The Morgan fingerprint density at radius 2 is 2.10 bits per heavy atom. The molecule has 6 nitrogen and oxygen atoms in total. The van der Waals surface area contributed by atoms with Crippen molar-refractivity contribution < 1.29 is 14.8 Å². The minimum absolute atomic E-state index is 0.0237. The van der Waals surface area contributed by atoms with E-state index >= 15 is 0 Å². The summed E-state index contributed by atoms with van der Waals surface area (Å²) >= 11 is 0. The molecule has 0 aliphatic rings. The molecule has 1 unspecified atom stereocenters. The Bertz CT molecular complexity index is 502. The lowest BCUT2D eigenvalue weighted by Crippen LogP contribution is -2.29. The zero-order valence-electron chi connectivity index (χ0n) is 12.0. The van der Waals surface area contributed by atoms with Gasteiger partial charge >= 0.3 is 5.97 Å². The number of carboxylic acid groups (broad SMARTS) is 1. The summed E-state index contributed by atoms with van der Waals surface area (Å²) < 4.78 is 0. The van der Waals surface area contributed by atoms with Gasteiger partial charge in [0.2, 0.25) is 0 Å². The summed E-state index contributed by atoms with van der Waals surface area (Å²) in [6.45, 7) is 7.49. The molecule has 0 fully saturated rings. The zero-order valence-corrected chi connectivity index (χ0v) is 12.0. The third-order valence-corrected chi connectivity index (χ3v) is 3.37. The number of aromatic carboxylic acids is 1. The van der Waals surface area contributed by atoms with Crippen molar-refractivity contribution in [1.82, 2.24) is 0 Å². The quantitative estimate of drug-likeness (QED) is 0.612. The second-order valence-electron chi connectivity index (χ2n) is 4.82. The molecule has 1 N–H and O–H groups in total. The maximum atomic E-state index is 11.3. The van der Waals surface area contributed by atoms with Crippen molar-refractivity contribution in [3.63, 3.8) is 0 Å². The first-order valence-corrected chi connectivity index (χ1v) is 6.67. The molecule has 0 saturated carbocycles. The van der Waals surface area contributed by atoms with Crippen molar-refractivity contribution in [2.45, 2.75) is 27.2 Å². The summed E-state index contributed by atoms with van der Waals surface area (Å²) in [5.74, 6) is -0.724. The van der Waals surface area contributed by atoms with Crippen molar-refractivity contribution in [2.24, 2.45) is 5.92 Å². The first-order valence-electron chi connectivity index (χ1n) is 6.67. The van der Waals surface area contributed by atoms with Gasteiger partial charge in [-0.3, -0.25) is 10.1 Å². The van der Waals surface area contributed by atoms with Crippen LogP contribution in [0.4, 0.5) is 11.4 Å². The topological polar surface area (TPSA) is 83.7 Å². The maximum absolute atomic E-state index is 11.3. The van der Waals surface area contributed by atoms with E-state index in [1.807, 2.05) is 11.8 Å². The highest BCUT2D eigenvalue weighted by molar-refractivity contribution is 5.95. The SMILES string of the molecule is CCC(C)CN(CC)c1ccc([N+](=O)[O-])cc1C(=O)O. The molecule has 20 heavy (non-hydrogen) atoms. The molecule has 0 aliphatic carbocycles. The third kappa shape index (κ3) is 3.69. The van der Waals surface area contributed by atoms with Gasteiger partial charge < -0.3 is 10.0 Å². The van der Waals surface area contributed by atoms with Crippen LogP contribution in [-0.2, 0) is 0 Å². The number of anilines is 1. The number of nitrogens with zero attached hydrogens (tertiary/aromatic N) is 2. The monoisotopic (exact) mass is 280 g/mol. The van der Waals surface area contributed by atoms with Crippen molar-refractivity contribution >= 4 is 17.3 Å². The minimum Gasteiger partial charge on any atom is -0.478 e. The zero-order chi connectivity index (χ0) is 15.3. The smallest absolute Gasteiger partial charge is 0.338 e. The molecule has 1 aromatic rings. The summed E-state index contributed by atoms with van der Waals surface area (Å²) in [6.07, 6.45) is 0.992. The van der Waals surface area contributed by atoms with Gasteiger partial charge in [0.15, 0.2) is 0 Å². The van der Waals surface area contributed by atoms with Crippen molar-refractivity contribution in [1.29, 1.82) is 0 Å². The fraction of sp³-hybridized carbons (Fsp3) is 0.500. The molecule has 1 aromatic carbocycles. The molecule has 0 amide bonds.